The summed E-state index contributed by atoms with van der Waals surface area (Å²) in [5.41, 5.74) is 7.50. The predicted molar refractivity (Wildman–Crippen MR) is 82.3 cm³/mol. The van der Waals surface area contributed by atoms with Crippen LogP contribution in [0, 0.1) is 0 Å². The minimum atomic E-state index is -0.447. The molecule has 0 aromatic heterocycles. The van der Waals surface area contributed by atoms with Crippen molar-refractivity contribution in [2.24, 2.45) is 0 Å². The van der Waals surface area contributed by atoms with E-state index < -0.39 is 6.04 Å². The molecule has 0 saturated heterocycles. The highest BCUT2D eigenvalue weighted by Crippen LogP contribution is 2.21. The second-order valence-corrected chi connectivity index (χ2v) is 5.21. The zero-order chi connectivity index (χ0) is 14.5. The highest BCUT2D eigenvalue weighted by atomic mass is 79.9. The van der Waals surface area contributed by atoms with Gasteiger partial charge in [-0.1, -0.05) is 30.3 Å². The number of aliphatic hydroxyl groups excluding tert-OH is 1. The molecule has 0 aliphatic carbocycles. The number of nitrogens with one attached hydrogen (secondary N) is 1. The van der Waals surface area contributed by atoms with Crippen molar-refractivity contribution in [1.82, 2.24) is 5.32 Å². The highest BCUT2D eigenvalue weighted by Gasteiger charge is 2.16. The van der Waals surface area contributed by atoms with Crippen molar-refractivity contribution in [3.05, 3.63) is 64.1 Å². The van der Waals surface area contributed by atoms with E-state index in [9.17, 15) is 9.90 Å². The minimum Gasteiger partial charge on any atom is -0.399 e. The molecule has 1 atom stereocenters. The predicted octanol–water partition coefficient (Wildman–Crippen LogP) is 2.49. The molecule has 0 radical (unpaired) electrons. The number of carbonyl (C=O) groups excluding carboxylic acids is 1. The van der Waals surface area contributed by atoms with Crippen molar-refractivity contribution in [2.45, 2.75) is 6.04 Å². The summed E-state index contributed by atoms with van der Waals surface area (Å²) < 4.78 is 0.661. The molecule has 0 fully saturated rings. The first-order chi connectivity index (χ1) is 9.61. The number of amides is 1. The quantitative estimate of drug-likeness (QED) is 0.752. The second-order valence-electron chi connectivity index (χ2n) is 4.36. The van der Waals surface area contributed by atoms with E-state index in [4.69, 9.17) is 5.73 Å². The molecule has 20 heavy (non-hydrogen) atoms. The Kier molecular flexibility index (Phi) is 4.76. The van der Waals surface area contributed by atoms with Crippen LogP contribution >= 0.6 is 15.9 Å². The van der Waals surface area contributed by atoms with Crippen LogP contribution in [0.3, 0.4) is 0 Å². The number of halogens is 1. The third-order valence-corrected chi connectivity index (χ3v) is 3.62. The number of hydrogen-bond acceptors (Lipinski definition) is 3. The van der Waals surface area contributed by atoms with Crippen LogP contribution in [0.4, 0.5) is 5.69 Å². The average Bonchev–Trinajstić information content (AvgIpc) is 2.48. The Bertz CT molecular complexity index is 602. The molecule has 4 N–H and O–H groups in total. The molecule has 0 heterocycles. The van der Waals surface area contributed by atoms with Gasteiger partial charge in [-0.2, -0.15) is 0 Å². The van der Waals surface area contributed by atoms with Crippen LogP contribution < -0.4 is 11.1 Å². The van der Waals surface area contributed by atoms with Gasteiger partial charge in [-0.25, -0.2) is 0 Å². The summed E-state index contributed by atoms with van der Waals surface area (Å²) in [6, 6.07) is 13.9. The number of benzene rings is 2. The number of carbonyl (C=O) groups is 1. The summed E-state index contributed by atoms with van der Waals surface area (Å²) in [6.45, 7) is -0.171. The molecule has 0 aliphatic rings. The number of nitrogens with two attached hydrogens (primary N) is 1. The lowest BCUT2D eigenvalue weighted by Crippen LogP contribution is -2.31. The van der Waals surface area contributed by atoms with Crippen molar-refractivity contribution in [2.75, 3.05) is 12.3 Å². The molecule has 2 aromatic carbocycles. The van der Waals surface area contributed by atoms with Crippen LogP contribution in [-0.2, 0) is 0 Å². The van der Waals surface area contributed by atoms with Crippen LogP contribution in [0.1, 0.15) is 22.0 Å². The molecule has 1 amide bonds. The SMILES string of the molecule is Nc1ccc(Br)c(C(=O)N[C@@H](CO)c2ccccc2)c1. The average molecular weight is 335 g/mol. The second kappa shape index (κ2) is 6.54. The van der Waals surface area contributed by atoms with Gasteiger partial charge in [-0.05, 0) is 39.7 Å². The van der Waals surface area contributed by atoms with Crippen molar-refractivity contribution in [1.29, 1.82) is 0 Å². The van der Waals surface area contributed by atoms with Crippen LogP contribution in [0.5, 0.6) is 0 Å². The summed E-state index contributed by atoms with van der Waals surface area (Å²) in [7, 11) is 0. The van der Waals surface area contributed by atoms with Gasteiger partial charge >= 0.3 is 0 Å². The Labute approximate surface area is 125 Å². The zero-order valence-corrected chi connectivity index (χ0v) is 12.3. The molecule has 0 aliphatic heterocycles. The van der Waals surface area contributed by atoms with E-state index in [-0.39, 0.29) is 12.5 Å². The van der Waals surface area contributed by atoms with Gasteiger partial charge in [-0.15, -0.1) is 0 Å². The molecule has 104 valence electrons. The molecule has 0 saturated carbocycles. The fourth-order valence-electron chi connectivity index (χ4n) is 1.87. The van der Waals surface area contributed by atoms with E-state index in [1.807, 2.05) is 30.3 Å². The maximum Gasteiger partial charge on any atom is 0.253 e. The van der Waals surface area contributed by atoms with Crippen molar-refractivity contribution in [3.63, 3.8) is 0 Å². The number of hydrogen-bond donors (Lipinski definition) is 3. The molecule has 2 rings (SSSR count). The number of nitrogen functional groups attached to an aromatic ring is 1. The van der Waals surface area contributed by atoms with Crippen molar-refractivity contribution < 1.29 is 9.90 Å². The number of aliphatic hydroxyl groups is 1. The van der Waals surface area contributed by atoms with Crippen molar-refractivity contribution >= 4 is 27.5 Å². The van der Waals surface area contributed by atoms with Gasteiger partial charge in [0.05, 0.1) is 18.2 Å². The van der Waals surface area contributed by atoms with E-state index >= 15 is 0 Å². The van der Waals surface area contributed by atoms with Gasteiger partial charge in [0.15, 0.2) is 0 Å². The van der Waals surface area contributed by atoms with E-state index in [1.165, 1.54) is 0 Å². The van der Waals surface area contributed by atoms with E-state index in [1.54, 1.807) is 18.2 Å². The Balaban J connectivity index is 2.20. The molecule has 0 spiro atoms. The van der Waals surface area contributed by atoms with Crippen LogP contribution in [0.2, 0.25) is 0 Å². The van der Waals surface area contributed by atoms with Crippen LogP contribution in [0.25, 0.3) is 0 Å². The molecular weight excluding hydrogens is 320 g/mol. The lowest BCUT2D eigenvalue weighted by Gasteiger charge is -2.17. The Morgan fingerprint density at radius 3 is 2.60 bits per heavy atom. The zero-order valence-electron chi connectivity index (χ0n) is 10.7. The summed E-state index contributed by atoms with van der Waals surface area (Å²) in [5.74, 6) is -0.285. The smallest absolute Gasteiger partial charge is 0.253 e. The van der Waals surface area contributed by atoms with E-state index in [0.29, 0.717) is 15.7 Å². The van der Waals surface area contributed by atoms with Crippen molar-refractivity contribution in [3.8, 4) is 0 Å². The molecule has 5 heteroatoms. The molecule has 0 bridgehead atoms. The van der Waals surface area contributed by atoms with Crippen LogP contribution in [0.15, 0.2) is 53.0 Å². The molecule has 0 unspecified atom stereocenters. The fraction of sp³-hybridized carbons (Fsp3) is 0.133. The molecule has 4 nitrogen and oxygen atoms in total. The van der Waals surface area contributed by atoms with Gasteiger partial charge in [0.25, 0.3) is 5.91 Å². The van der Waals surface area contributed by atoms with Gasteiger partial charge in [0.2, 0.25) is 0 Å². The molecule has 2 aromatic rings. The standard InChI is InChI=1S/C15H15BrN2O2/c16-13-7-6-11(17)8-12(13)15(20)18-14(9-19)10-4-2-1-3-5-10/h1-8,14,19H,9,17H2,(H,18,20)/t14-/m0/s1. The summed E-state index contributed by atoms with van der Waals surface area (Å²) in [6.07, 6.45) is 0. The maximum absolute atomic E-state index is 12.3. The van der Waals surface area contributed by atoms with E-state index in [2.05, 4.69) is 21.2 Å². The first-order valence-corrected chi connectivity index (χ1v) is 6.93. The summed E-state index contributed by atoms with van der Waals surface area (Å²) >= 11 is 3.32. The summed E-state index contributed by atoms with van der Waals surface area (Å²) in [4.78, 5) is 12.3. The largest absolute Gasteiger partial charge is 0.399 e. The number of anilines is 1. The highest BCUT2D eigenvalue weighted by molar-refractivity contribution is 9.10. The number of rotatable bonds is 4. The Morgan fingerprint density at radius 2 is 1.95 bits per heavy atom. The minimum absolute atomic E-state index is 0.171. The first-order valence-electron chi connectivity index (χ1n) is 6.13. The third kappa shape index (κ3) is 3.37. The third-order valence-electron chi connectivity index (χ3n) is 2.92. The maximum atomic E-state index is 12.3. The first kappa shape index (κ1) is 14.6. The molecular formula is C15H15BrN2O2. The van der Waals surface area contributed by atoms with E-state index in [0.717, 1.165) is 5.56 Å². The van der Waals surface area contributed by atoms with Crippen LogP contribution in [-0.4, -0.2) is 17.6 Å². The normalized spacial score (nSPS) is 11.9. The Morgan fingerprint density at radius 1 is 1.25 bits per heavy atom. The van der Waals surface area contributed by atoms with Gasteiger partial charge in [-0.3, -0.25) is 4.79 Å². The Hall–Kier alpha value is -1.85. The monoisotopic (exact) mass is 334 g/mol. The lowest BCUT2D eigenvalue weighted by molar-refractivity contribution is 0.0915. The fourth-order valence-corrected chi connectivity index (χ4v) is 2.30. The van der Waals surface area contributed by atoms with Gasteiger partial charge in [0, 0.05) is 10.2 Å². The lowest BCUT2D eigenvalue weighted by atomic mass is 10.1. The topological polar surface area (TPSA) is 75.4 Å². The van der Waals surface area contributed by atoms with Gasteiger partial charge < -0.3 is 16.2 Å². The van der Waals surface area contributed by atoms with Gasteiger partial charge in [0.1, 0.15) is 0 Å². The summed E-state index contributed by atoms with van der Waals surface area (Å²) in [5, 5.41) is 12.2.